The first kappa shape index (κ1) is 22.1. The fourth-order valence-corrected chi connectivity index (χ4v) is 2.03. The summed E-state index contributed by atoms with van der Waals surface area (Å²) in [5.74, 6) is 0.643. The Morgan fingerprint density at radius 2 is 1.52 bits per heavy atom. The second kappa shape index (κ2) is 17.5. The lowest BCUT2D eigenvalue weighted by molar-refractivity contribution is -0.122. The van der Waals surface area contributed by atoms with Crippen molar-refractivity contribution in [3.63, 3.8) is 0 Å². The molecule has 0 aliphatic heterocycles. The third kappa shape index (κ3) is 19.1. The molecule has 0 aliphatic rings. The minimum absolute atomic E-state index is 0.0212. The van der Waals surface area contributed by atoms with E-state index in [1.54, 1.807) is 0 Å². The molecule has 0 spiro atoms. The van der Waals surface area contributed by atoms with E-state index >= 15 is 0 Å². The quantitative estimate of drug-likeness (QED) is 0.329. The van der Waals surface area contributed by atoms with Gasteiger partial charge >= 0.3 is 0 Å². The molecule has 0 heterocycles. The van der Waals surface area contributed by atoms with Crippen molar-refractivity contribution in [3.8, 4) is 0 Å². The van der Waals surface area contributed by atoms with E-state index in [4.69, 9.17) is 21.1 Å². The maximum absolute atomic E-state index is 11.5. The molecule has 0 fully saturated rings. The highest BCUT2D eigenvalue weighted by atomic mass is 35.5. The molecule has 0 atom stereocenters. The van der Waals surface area contributed by atoms with E-state index in [2.05, 4.69) is 10.6 Å². The van der Waals surface area contributed by atoms with E-state index in [9.17, 15) is 9.59 Å². The number of halogens is 1. The molecule has 0 rings (SSSR count). The van der Waals surface area contributed by atoms with Crippen LogP contribution in [-0.2, 0) is 19.1 Å². The standard InChI is InChI=1S/C16H31ClN2O4/c1-15(20)18-9-6-7-16(21)19-10-12-23-14-13-22-11-5-3-2-4-8-17/h2-14H2,1H3,(H,18,20)(H,19,21). The number of rotatable bonds is 16. The Bertz CT molecular complexity index is 304. The molecule has 7 heteroatoms. The summed E-state index contributed by atoms with van der Waals surface area (Å²) in [6, 6.07) is 0. The molecule has 136 valence electrons. The van der Waals surface area contributed by atoms with Gasteiger partial charge in [0.05, 0.1) is 19.8 Å². The van der Waals surface area contributed by atoms with Crippen LogP contribution in [0.2, 0.25) is 0 Å². The molecule has 23 heavy (non-hydrogen) atoms. The Morgan fingerprint density at radius 1 is 0.826 bits per heavy atom. The van der Waals surface area contributed by atoms with Gasteiger partial charge in [0.15, 0.2) is 0 Å². The van der Waals surface area contributed by atoms with Crippen LogP contribution in [-0.4, -0.2) is 57.2 Å². The monoisotopic (exact) mass is 350 g/mol. The average molecular weight is 351 g/mol. The summed E-state index contributed by atoms with van der Waals surface area (Å²) in [6.07, 6.45) is 5.50. The van der Waals surface area contributed by atoms with E-state index in [0.717, 1.165) is 38.2 Å². The van der Waals surface area contributed by atoms with Crippen LogP contribution in [0.4, 0.5) is 0 Å². The van der Waals surface area contributed by atoms with Crippen LogP contribution in [0.3, 0.4) is 0 Å². The summed E-state index contributed by atoms with van der Waals surface area (Å²) < 4.78 is 10.8. The normalized spacial score (nSPS) is 10.5. The largest absolute Gasteiger partial charge is 0.379 e. The van der Waals surface area contributed by atoms with Gasteiger partial charge in [-0.3, -0.25) is 9.59 Å². The van der Waals surface area contributed by atoms with Crippen molar-refractivity contribution in [1.29, 1.82) is 0 Å². The first-order chi connectivity index (χ1) is 11.2. The fraction of sp³-hybridized carbons (Fsp3) is 0.875. The zero-order chi connectivity index (χ0) is 17.2. The van der Waals surface area contributed by atoms with Crippen LogP contribution in [0.5, 0.6) is 0 Å². The summed E-state index contributed by atoms with van der Waals surface area (Å²) in [5, 5.41) is 5.43. The van der Waals surface area contributed by atoms with Crippen LogP contribution in [0, 0.1) is 0 Å². The van der Waals surface area contributed by atoms with Crippen LogP contribution in [0.1, 0.15) is 45.4 Å². The number of ether oxygens (including phenoxy) is 2. The summed E-state index contributed by atoms with van der Waals surface area (Å²) in [5.41, 5.74) is 0. The van der Waals surface area contributed by atoms with Gasteiger partial charge in [-0.05, 0) is 19.3 Å². The van der Waals surface area contributed by atoms with Crippen molar-refractivity contribution >= 4 is 23.4 Å². The van der Waals surface area contributed by atoms with Gasteiger partial charge in [-0.2, -0.15) is 0 Å². The van der Waals surface area contributed by atoms with Gasteiger partial charge in [-0.15, -0.1) is 11.6 Å². The molecular weight excluding hydrogens is 320 g/mol. The number of carbonyl (C=O) groups is 2. The molecule has 0 unspecified atom stereocenters. The second-order valence-corrected chi connectivity index (χ2v) is 5.64. The Labute approximate surface area is 144 Å². The van der Waals surface area contributed by atoms with Crippen molar-refractivity contribution in [3.05, 3.63) is 0 Å². The van der Waals surface area contributed by atoms with Gasteiger partial charge in [-0.1, -0.05) is 12.8 Å². The maximum atomic E-state index is 11.5. The number of amides is 2. The molecule has 6 nitrogen and oxygen atoms in total. The van der Waals surface area contributed by atoms with Gasteiger partial charge in [0, 0.05) is 38.9 Å². The molecule has 2 amide bonds. The lowest BCUT2D eigenvalue weighted by atomic mass is 10.2. The van der Waals surface area contributed by atoms with Crippen LogP contribution >= 0.6 is 11.6 Å². The van der Waals surface area contributed by atoms with Gasteiger partial charge in [-0.25, -0.2) is 0 Å². The van der Waals surface area contributed by atoms with Gasteiger partial charge in [0.25, 0.3) is 0 Å². The number of hydrogen-bond donors (Lipinski definition) is 2. The zero-order valence-corrected chi connectivity index (χ0v) is 15.0. The highest BCUT2D eigenvalue weighted by Crippen LogP contribution is 2.00. The second-order valence-electron chi connectivity index (χ2n) is 5.26. The molecule has 2 N–H and O–H groups in total. The molecule has 0 saturated heterocycles. The Hall–Kier alpha value is -0.850. The minimum atomic E-state index is -0.0729. The van der Waals surface area contributed by atoms with Gasteiger partial charge in [0.2, 0.25) is 11.8 Å². The van der Waals surface area contributed by atoms with E-state index in [1.807, 2.05) is 0 Å². The molecular formula is C16H31ClN2O4. The molecule has 0 radical (unpaired) electrons. The van der Waals surface area contributed by atoms with E-state index < -0.39 is 0 Å². The predicted octanol–water partition coefficient (Wildman–Crippen LogP) is 1.85. The third-order valence-corrected chi connectivity index (χ3v) is 3.33. The van der Waals surface area contributed by atoms with Crippen molar-refractivity contribution in [2.75, 3.05) is 45.4 Å². The van der Waals surface area contributed by atoms with Crippen molar-refractivity contribution in [1.82, 2.24) is 10.6 Å². The topological polar surface area (TPSA) is 76.7 Å². The molecule has 0 aromatic heterocycles. The van der Waals surface area contributed by atoms with Gasteiger partial charge in [0.1, 0.15) is 0 Å². The van der Waals surface area contributed by atoms with Crippen molar-refractivity contribution in [2.45, 2.75) is 45.4 Å². The number of alkyl halides is 1. The van der Waals surface area contributed by atoms with Crippen LogP contribution < -0.4 is 10.6 Å². The van der Waals surface area contributed by atoms with Crippen molar-refractivity contribution < 1.29 is 19.1 Å². The first-order valence-corrected chi connectivity index (χ1v) is 8.93. The maximum Gasteiger partial charge on any atom is 0.220 e. The van der Waals surface area contributed by atoms with Crippen molar-refractivity contribution in [2.24, 2.45) is 0 Å². The predicted molar refractivity (Wildman–Crippen MR) is 91.8 cm³/mol. The first-order valence-electron chi connectivity index (χ1n) is 8.39. The van der Waals surface area contributed by atoms with Crippen LogP contribution in [0.25, 0.3) is 0 Å². The Balaban J connectivity index is 3.14. The molecule has 0 saturated carbocycles. The van der Waals surface area contributed by atoms with Gasteiger partial charge < -0.3 is 20.1 Å². The summed E-state index contributed by atoms with van der Waals surface area (Å²) in [7, 11) is 0. The van der Waals surface area contributed by atoms with Crippen LogP contribution in [0.15, 0.2) is 0 Å². The smallest absolute Gasteiger partial charge is 0.220 e. The van der Waals surface area contributed by atoms with E-state index in [-0.39, 0.29) is 11.8 Å². The highest BCUT2D eigenvalue weighted by molar-refractivity contribution is 6.17. The average Bonchev–Trinajstić information content (AvgIpc) is 2.52. The lowest BCUT2D eigenvalue weighted by Crippen LogP contribution is -2.29. The number of unbranched alkanes of at least 4 members (excludes halogenated alkanes) is 3. The highest BCUT2D eigenvalue weighted by Gasteiger charge is 2.00. The SMILES string of the molecule is CC(=O)NCCCC(=O)NCCOCCOCCCCCCCl. The molecule has 0 bridgehead atoms. The van der Waals surface area contributed by atoms with E-state index in [0.29, 0.717) is 45.8 Å². The molecule has 0 aromatic rings. The lowest BCUT2D eigenvalue weighted by Gasteiger charge is -2.07. The van der Waals surface area contributed by atoms with E-state index in [1.165, 1.54) is 6.92 Å². The summed E-state index contributed by atoms with van der Waals surface area (Å²) >= 11 is 5.60. The summed E-state index contributed by atoms with van der Waals surface area (Å²) in [6.45, 7) is 4.86. The molecule has 0 aromatic carbocycles. The summed E-state index contributed by atoms with van der Waals surface area (Å²) in [4.78, 5) is 22.1. The third-order valence-electron chi connectivity index (χ3n) is 3.07. The minimum Gasteiger partial charge on any atom is -0.379 e. The number of nitrogens with one attached hydrogen (secondary N) is 2. The zero-order valence-electron chi connectivity index (χ0n) is 14.2. The molecule has 0 aliphatic carbocycles. The fourth-order valence-electron chi connectivity index (χ4n) is 1.84. The number of carbonyl (C=O) groups excluding carboxylic acids is 2. The Morgan fingerprint density at radius 3 is 2.22 bits per heavy atom. The number of hydrogen-bond acceptors (Lipinski definition) is 4. The Kier molecular flexibility index (Phi) is 16.9.